The number of carbonyl (C=O) groups excluding carboxylic acids is 1. The molecule has 0 radical (unpaired) electrons. The Morgan fingerprint density at radius 3 is 2.74 bits per heavy atom. The zero-order valence-electron chi connectivity index (χ0n) is 11.7. The molecule has 0 bridgehead atoms. The van der Waals surface area contributed by atoms with Crippen molar-refractivity contribution in [1.82, 2.24) is 20.1 Å². The Morgan fingerprint density at radius 2 is 2.16 bits per heavy atom. The van der Waals surface area contributed by atoms with Crippen LogP contribution in [0, 0.1) is 6.92 Å². The van der Waals surface area contributed by atoms with Gasteiger partial charge in [-0.15, -0.1) is 11.3 Å². The summed E-state index contributed by atoms with van der Waals surface area (Å²) in [5.41, 5.74) is 1.14. The standard InChI is InChI=1S/C13H22N4OS/c1-3-4-14-13(18)17-7-5-16(6-8-17)9-12-10-19-11(2)15-12/h10H,3-9H2,1-2H3,(H,14,18). The Labute approximate surface area is 118 Å². The Hall–Kier alpha value is -1.14. The maximum Gasteiger partial charge on any atom is 0.317 e. The first-order valence-electron chi connectivity index (χ1n) is 6.85. The molecule has 1 aromatic heterocycles. The monoisotopic (exact) mass is 282 g/mol. The molecule has 106 valence electrons. The molecule has 2 amide bonds. The molecule has 0 aliphatic carbocycles. The first kappa shape index (κ1) is 14.3. The maximum atomic E-state index is 11.8. The van der Waals surface area contributed by atoms with Crippen molar-refractivity contribution < 1.29 is 4.79 Å². The highest BCUT2D eigenvalue weighted by Crippen LogP contribution is 2.12. The van der Waals surface area contributed by atoms with E-state index in [9.17, 15) is 4.79 Å². The molecular weight excluding hydrogens is 260 g/mol. The van der Waals surface area contributed by atoms with Gasteiger partial charge in [-0.1, -0.05) is 6.92 Å². The van der Waals surface area contributed by atoms with E-state index in [0.29, 0.717) is 0 Å². The van der Waals surface area contributed by atoms with Crippen LogP contribution in [0.3, 0.4) is 0 Å². The maximum absolute atomic E-state index is 11.8. The second-order valence-corrected chi connectivity index (χ2v) is 5.92. The summed E-state index contributed by atoms with van der Waals surface area (Å²) in [5, 5.41) is 6.17. The number of thiazole rings is 1. The third-order valence-corrected chi connectivity index (χ3v) is 4.06. The van der Waals surface area contributed by atoms with Crippen LogP contribution in [0.1, 0.15) is 24.0 Å². The van der Waals surface area contributed by atoms with E-state index >= 15 is 0 Å². The number of carbonyl (C=O) groups is 1. The Kier molecular flexibility index (Phi) is 5.15. The fraction of sp³-hybridized carbons (Fsp3) is 0.692. The Balaban J connectivity index is 1.74. The minimum Gasteiger partial charge on any atom is -0.338 e. The van der Waals surface area contributed by atoms with E-state index in [1.807, 2.05) is 11.8 Å². The van der Waals surface area contributed by atoms with Crippen molar-refractivity contribution in [3.8, 4) is 0 Å². The molecule has 1 N–H and O–H groups in total. The lowest BCUT2D eigenvalue weighted by Gasteiger charge is -2.34. The number of hydrogen-bond acceptors (Lipinski definition) is 4. The topological polar surface area (TPSA) is 48.5 Å². The van der Waals surface area contributed by atoms with E-state index in [4.69, 9.17) is 0 Å². The van der Waals surface area contributed by atoms with Gasteiger partial charge in [0.15, 0.2) is 0 Å². The summed E-state index contributed by atoms with van der Waals surface area (Å²) in [7, 11) is 0. The molecule has 1 saturated heterocycles. The summed E-state index contributed by atoms with van der Waals surface area (Å²) in [5.74, 6) is 0. The lowest BCUT2D eigenvalue weighted by atomic mass is 10.3. The smallest absolute Gasteiger partial charge is 0.317 e. The van der Waals surface area contributed by atoms with E-state index in [1.54, 1.807) is 11.3 Å². The predicted octanol–water partition coefficient (Wildman–Crippen LogP) is 1.69. The number of aryl methyl sites for hydroxylation is 1. The molecule has 6 heteroatoms. The SMILES string of the molecule is CCCNC(=O)N1CCN(Cc2csc(C)n2)CC1. The van der Waals surface area contributed by atoms with E-state index in [2.05, 4.69) is 27.5 Å². The average Bonchev–Trinajstić information content (AvgIpc) is 2.82. The van der Waals surface area contributed by atoms with Gasteiger partial charge in [-0.2, -0.15) is 0 Å². The van der Waals surface area contributed by atoms with Crippen molar-refractivity contribution >= 4 is 17.4 Å². The van der Waals surface area contributed by atoms with Gasteiger partial charge >= 0.3 is 6.03 Å². The molecule has 0 aromatic carbocycles. The van der Waals surface area contributed by atoms with Crippen LogP contribution in [0.5, 0.6) is 0 Å². The number of nitrogens with zero attached hydrogens (tertiary/aromatic N) is 3. The van der Waals surface area contributed by atoms with E-state index < -0.39 is 0 Å². The minimum atomic E-state index is 0.0750. The molecule has 2 heterocycles. The number of rotatable bonds is 4. The molecule has 5 nitrogen and oxygen atoms in total. The van der Waals surface area contributed by atoms with Gasteiger partial charge in [0.25, 0.3) is 0 Å². The van der Waals surface area contributed by atoms with Crippen LogP contribution < -0.4 is 5.32 Å². The number of aromatic nitrogens is 1. The molecule has 1 aliphatic rings. The van der Waals surface area contributed by atoms with E-state index in [-0.39, 0.29) is 6.03 Å². The van der Waals surface area contributed by atoms with E-state index in [1.165, 1.54) is 0 Å². The normalized spacial score (nSPS) is 16.6. The van der Waals surface area contributed by atoms with Crippen LogP contribution in [-0.4, -0.2) is 53.5 Å². The lowest BCUT2D eigenvalue weighted by molar-refractivity contribution is 0.134. The predicted molar refractivity (Wildman–Crippen MR) is 77.4 cm³/mol. The molecular formula is C13H22N4OS. The third kappa shape index (κ3) is 4.18. The first-order chi connectivity index (χ1) is 9.19. The molecule has 2 rings (SSSR count). The summed E-state index contributed by atoms with van der Waals surface area (Å²) >= 11 is 1.70. The Morgan fingerprint density at radius 1 is 1.42 bits per heavy atom. The fourth-order valence-electron chi connectivity index (χ4n) is 2.16. The number of hydrogen-bond donors (Lipinski definition) is 1. The highest BCUT2D eigenvalue weighted by molar-refractivity contribution is 7.09. The van der Waals surface area contributed by atoms with Crippen molar-refractivity contribution in [2.75, 3.05) is 32.7 Å². The minimum absolute atomic E-state index is 0.0750. The highest BCUT2D eigenvalue weighted by atomic mass is 32.1. The van der Waals surface area contributed by atoms with Crippen molar-refractivity contribution in [3.05, 3.63) is 16.1 Å². The summed E-state index contributed by atoms with van der Waals surface area (Å²) in [4.78, 5) is 20.6. The van der Waals surface area contributed by atoms with Gasteiger partial charge in [-0.3, -0.25) is 4.90 Å². The summed E-state index contributed by atoms with van der Waals surface area (Å²) in [6.07, 6.45) is 0.981. The fourth-order valence-corrected chi connectivity index (χ4v) is 2.77. The van der Waals surface area contributed by atoms with Crippen LogP contribution >= 0.6 is 11.3 Å². The van der Waals surface area contributed by atoms with Crippen LogP contribution in [-0.2, 0) is 6.54 Å². The molecule has 0 spiro atoms. The number of urea groups is 1. The second kappa shape index (κ2) is 6.86. The molecule has 0 unspecified atom stereocenters. The Bertz CT molecular complexity index is 413. The van der Waals surface area contributed by atoms with E-state index in [0.717, 1.165) is 56.4 Å². The van der Waals surface area contributed by atoms with Crippen LogP contribution in [0.25, 0.3) is 0 Å². The molecule has 19 heavy (non-hydrogen) atoms. The first-order valence-corrected chi connectivity index (χ1v) is 7.73. The van der Waals surface area contributed by atoms with Gasteiger partial charge in [-0.05, 0) is 13.3 Å². The van der Waals surface area contributed by atoms with Gasteiger partial charge in [-0.25, -0.2) is 9.78 Å². The second-order valence-electron chi connectivity index (χ2n) is 4.85. The number of nitrogens with one attached hydrogen (secondary N) is 1. The number of piperazine rings is 1. The molecule has 1 aliphatic heterocycles. The van der Waals surface area contributed by atoms with Gasteiger partial charge in [0, 0.05) is 44.6 Å². The van der Waals surface area contributed by atoms with Gasteiger partial charge in [0.05, 0.1) is 10.7 Å². The van der Waals surface area contributed by atoms with Crippen molar-refractivity contribution in [2.24, 2.45) is 0 Å². The highest BCUT2D eigenvalue weighted by Gasteiger charge is 2.21. The lowest BCUT2D eigenvalue weighted by Crippen LogP contribution is -2.51. The average molecular weight is 282 g/mol. The number of amides is 2. The zero-order chi connectivity index (χ0) is 13.7. The molecule has 0 atom stereocenters. The van der Waals surface area contributed by atoms with Crippen molar-refractivity contribution in [1.29, 1.82) is 0 Å². The summed E-state index contributed by atoms with van der Waals surface area (Å²) in [6.45, 7) is 9.22. The quantitative estimate of drug-likeness (QED) is 0.914. The summed E-state index contributed by atoms with van der Waals surface area (Å²) in [6, 6.07) is 0.0750. The van der Waals surface area contributed by atoms with Crippen LogP contribution in [0.4, 0.5) is 4.79 Å². The third-order valence-electron chi connectivity index (χ3n) is 3.24. The van der Waals surface area contributed by atoms with Crippen molar-refractivity contribution in [3.63, 3.8) is 0 Å². The molecule has 0 saturated carbocycles. The summed E-state index contributed by atoms with van der Waals surface area (Å²) < 4.78 is 0. The van der Waals surface area contributed by atoms with Gasteiger partial charge in [0.1, 0.15) is 0 Å². The zero-order valence-corrected chi connectivity index (χ0v) is 12.5. The van der Waals surface area contributed by atoms with Gasteiger partial charge < -0.3 is 10.2 Å². The molecule has 1 fully saturated rings. The largest absolute Gasteiger partial charge is 0.338 e. The van der Waals surface area contributed by atoms with Crippen molar-refractivity contribution in [2.45, 2.75) is 26.8 Å². The molecule has 1 aromatic rings. The van der Waals surface area contributed by atoms with Crippen LogP contribution in [0.15, 0.2) is 5.38 Å². The van der Waals surface area contributed by atoms with Gasteiger partial charge in [0.2, 0.25) is 0 Å². The van der Waals surface area contributed by atoms with Crippen LogP contribution in [0.2, 0.25) is 0 Å².